The maximum atomic E-state index is 10.6. The molecule has 2 nitrogen and oxygen atoms in total. The van der Waals surface area contributed by atoms with Crippen LogP contribution in [0.2, 0.25) is 0 Å². The van der Waals surface area contributed by atoms with Gasteiger partial charge in [-0.15, -0.1) is 0 Å². The summed E-state index contributed by atoms with van der Waals surface area (Å²) in [6.45, 7) is 0. The zero-order chi connectivity index (χ0) is 10.7. The molecule has 0 heterocycles. The van der Waals surface area contributed by atoms with Crippen LogP contribution in [0.4, 0.5) is 0 Å². The fraction of sp³-hybridized carbons (Fsp3) is 0. The third-order valence-corrected chi connectivity index (χ3v) is 2.24. The second kappa shape index (κ2) is 5.55. The average Bonchev–Trinajstić information content (AvgIpc) is 2.30. The molecular weight excluding hydrogens is 195 g/mol. The minimum absolute atomic E-state index is 0. The molecule has 0 saturated carbocycles. The van der Waals surface area contributed by atoms with Gasteiger partial charge in [-0.2, -0.15) is 0 Å². The van der Waals surface area contributed by atoms with Crippen LogP contribution >= 0.6 is 0 Å². The molecule has 0 spiro atoms. The van der Waals surface area contributed by atoms with Crippen LogP contribution in [0.25, 0.3) is 11.1 Å². The molecule has 0 atom stereocenters. The van der Waals surface area contributed by atoms with Crippen LogP contribution in [-0.2, 0) is 0 Å². The van der Waals surface area contributed by atoms with Crippen LogP contribution < -0.4 is 0 Å². The number of hydrogen-bond donors (Lipinski definition) is 1. The second-order valence-electron chi connectivity index (χ2n) is 3.25. The Morgan fingerprint density at radius 3 is 1.81 bits per heavy atom. The van der Waals surface area contributed by atoms with Gasteiger partial charge in [0.2, 0.25) is 0 Å². The van der Waals surface area contributed by atoms with Crippen molar-refractivity contribution in [2.75, 3.05) is 0 Å². The van der Waals surface area contributed by atoms with Gasteiger partial charge in [0.15, 0.2) is 0 Å². The van der Waals surface area contributed by atoms with E-state index in [0.29, 0.717) is 5.56 Å². The van der Waals surface area contributed by atoms with Gasteiger partial charge in [-0.25, -0.2) is 4.79 Å². The third kappa shape index (κ3) is 2.76. The van der Waals surface area contributed by atoms with E-state index in [1.54, 1.807) is 12.1 Å². The normalized spacial score (nSPS) is 9.25. The van der Waals surface area contributed by atoms with Crippen molar-refractivity contribution in [3.05, 3.63) is 60.2 Å². The van der Waals surface area contributed by atoms with Crippen LogP contribution in [0.3, 0.4) is 0 Å². The van der Waals surface area contributed by atoms with Gasteiger partial charge in [-0.05, 0) is 23.3 Å². The summed E-state index contributed by atoms with van der Waals surface area (Å²) < 4.78 is 0. The first-order valence-electron chi connectivity index (χ1n) is 4.66. The van der Waals surface area contributed by atoms with Crippen molar-refractivity contribution in [2.24, 2.45) is 0 Å². The van der Waals surface area contributed by atoms with Gasteiger partial charge < -0.3 is 5.11 Å². The van der Waals surface area contributed by atoms with Gasteiger partial charge in [-0.1, -0.05) is 42.5 Å². The zero-order valence-electron chi connectivity index (χ0n) is 8.05. The SMILES string of the molecule is O=C(O)c1ccc(-c2ccccc2)cc1.[LiH]. The van der Waals surface area contributed by atoms with E-state index in [0.717, 1.165) is 11.1 Å². The molecule has 2 aromatic carbocycles. The van der Waals surface area contributed by atoms with Gasteiger partial charge in [0.05, 0.1) is 5.56 Å². The number of hydrogen-bond acceptors (Lipinski definition) is 1. The molecule has 0 aliphatic heterocycles. The molecule has 0 aromatic heterocycles. The van der Waals surface area contributed by atoms with Crippen LogP contribution in [0.15, 0.2) is 54.6 Å². The number of aromatic carboxylic acids is 1. The van der Waals surface area contributed by atoms with E-state index in [1.165, 1.54) is 0 Å². The van der Waals surface area contributed by atoms with Crippen molar-refractivity contribution in [1.29, 1.82) is 0 Å². The molecule has 3 heteroatoms. The van der Waals surface area contributed by atoms with E-state index in [1.807, 2.05) is 42.5 Å². The molecule has 0 fully saturated rings. The monoisotopic (exact) mass is 206 g/mol. The molecule has 2 rings (SSSR count). The topological polar surface area (TPSA) is 37.3 Å². The molecule has 0 unspecified atom stereocenters. The van der Waals surface area contributed by atoms with Crippen molar-refractivity contribution < 1.29 is 9.90 Å². The summed E-state index contributed by atoms with van der Waals surface area (Å²) in [6, 6.07) is 16.7. The molecular formula is C13H11LiO2. The average molecular weight is 206 g/mol. The molecule has 0 radical (unpaired) electrons. The molecule has 76 valence electrons. The first-order chi connectivity index (χ1) is 7.27. The Kier molecular flexibility index (Phi) is 4.36. The van der Waals surface area contributed by atoms with Crippen molar-refractivity contribution in [3.63, 3.8) is 0 Å². The van der Waals surface area contributed by atoms with Crippen LogP contribution in [0.5, 0.6) is 0 Å². The Labute approximate surface area is 106 Å². The molecule has 0 saturated heterocycles. The summed E-state index contributed by atoms with van der Waals surface area (Å²) in [4.78, 5) is 10.6. The number of carboxylic acid groups (broad SMARTS) is 1. The summed E-state index contributed by atoms with van der Waals surface area (Å²) >= 11 is 0. The van der Waals surface area contributed by atoms with E-state index >= 15 is 0 Å². The van der Waals surface area contributed by atoms with E-state index in [4.69, 9.17) is 5.11 Å². The van der Waals surface area contributed by atoms with E-state index < -0.39 is 5.97 Å². The van der Waals surface area contributed by atoms with Crippen LogP contribution in [0, 0.1) is 0 Å². The van der Waals surface area contributed by atoms with Gasteiger partial charge in [0.1, 0.15) is 0 Å². The molecule has 0 aliphatic carbocycles. The minimum atomic E-state index is -0.894. The van der Waals surface area contributed by atoms with Crippen LogP contribution in [-0.4, -0.2) is 29.9 Å². The number of benzene rings is 2. The van der Waals surface area contributed by atoms with Crippen molar-refractivity contribution >= 4 is 24.8 Å². The summed E-state index contributed by atoms with van der Waals surface area (Å²) in [5.41, 5.74) is 2.43. The second-order valence-corrected chi connectivity index (χ2v) is 3.25. The predicted molar refractivity (Wildman–Crippen MR) is 66.0 cm³/mol. The van der Waals surface area contributed by atoms with E-state index in [9.17, 15) is 4.79 Å². The van der Waals surface area contributed by atoms with Gasteiger partial charge in [-0.3, -0.25) is 0 Å². The van der Waals surface area contributed by atoms with Crippen molar-refractivity contribution in [3.8, 4) is 11.1 Å². The number of carbonyl (C=O) groups is 1. The molecule has 16 heavy (non-hydrogen) atoms. The number of rotatable bonds is 2. The Hall–Kier alpha value is -1.49. The summed E-state index contributed by atoms with van der Waals surface area (Å²) in [5.74, 6) is -0.894. The maximum absolute atomic E-state index is 10.6. The zero-order valence-corrected chi connectivity index (χ0v) is 8.05. The molecule has 1 N–H and O–H groups in total. The molecule has 0 aliphatic rings. The first-order valence-corrected chi connectivity index (χ1v) is 4.66. The van der Waals surface area contributed by atoms with Gasteiger partial charge in [0.25, 0.3) is 0 Å². The molecule has 0 amide bonds. The van der Waals surface area contributed by atoms with Gasteiger partial charge >= 0.3 is 24.8 Å². The Balaban J connectivity index is 0.00000128. The Bertz CT molecular complexity index is 463. The fourth-order valence-corrected chi connectivity index (χ4v) is 1.44. The third-order valence-electron chi connectivity index (χ3n) is 2.24. The summed E-state index contributed by atoms with van der Waals surface area (Å²) in [7, 11) is 0. The van der Waals surface area contributed by atoms with Crippen molar-refractivity contribution in [1.82, 2.24) is 0 Å². The molecule has 0 bridgehead atoms. The fourth-order valence-electron chi connectivity index (χ4n) is 1.44. The first kappa shape index (κ1) is 12.6. The quantitative estimate of drug-likeness (QED) is 0.766. The Morgan fingerprint density at radius 1 is 0.812 bits per heavy atom. The van der Waals surface area contributed by atoms with E-state index in [-0.39, 0.29) is 18.9 Å². The summed E-state index contributed by atoms with van der Waals surface area (Å²) in [5, 5.41) is 8.75. The summed E-state index contributed by atoms with van der Waals surface area (Å²) in [6.07, 6.45) is 0. The predicted octanol–water partition coefficient (Wildman–Crippen LogP) is 2.40. The molecule has 2 aromatic rings. The van der Waals surface area contributed by atoms with Gasteiger partial charge in [0, 0.05) is 0 Å². The van der Waals surface area contributed by atoms with Crippen molar-refractivity contribution in [2.45, 2.75) is 0 Å². The standard InChI is InChI=1S/C13H10O2.Li.H/c14-13(15)12-8-6-11(7-9-12)10-4-2-1-3-5-10;;/h1-9H,(H,14,15);;. The Morgan fingerprint density at radius 2 is 1.31 bits per heavy atom. The number of carboxylic acids is 1. The van der Waals surface area contributed by atoms with Crippen LogP contribution in [0.1, 0.15) is 10.4 Å². The van der Waals surface area contributed by atoms with E-state index in [2.05, 4.69) is 0 Å².